The highest BCUT2D eigenvalue weighted by Crippen LogP contribution is 2.34. The van der Waals surface area contributed by atoms with Crippen LogP contribution in [0, 0.1) is 5.82 Å². The van der Waals surface area contributed by atoms with E-state index in [0.29, 0.717) is 30.8 Å². The molecule has 184 valence electrons. The maximum atomic E-state index is 14.7. The average molecular weight is 471 g/mol. The van der Waals surface area contributed by atoms with E-state index in [1.807, 2.05) is 39.0 Å². The summed E-state index contributed by atoms with van der Waals surface area (Å²) < 4.78 is 25.6. The Morgan fingerprint density at radius 1 is 1.09 bits per heavy atom. The van der Waals surface area contributed by atoms with E-state index >= 15 is 0 Å². The molecule has 7 heteroatoms. The topological polar surface area (TPSA) is 67.9 Å². The molecule has 1 aliphatic heterocycles. The minimum atomic E-state index is -0.902. The van der Waals surface area contributed by atoms with Crippen molar-refractivity contribution in [2.75, 3.05) is 19.0 Å². The maximum absolute atomic E-state index is 14.7. The normalized spacial score (nSPS) is 16.1. The van der Waals surface area contributed by atoms with Crippen LogP contribution < -0.4 is 5.32 Å². The van der Waals surface area contributed by atoms with Gasteiger partial charge in [0, 0.05) is 19.3 Å². The van der Waals surface area contributed by atoms with Crippen LogP contribution in [0.5, 0.6) is 0 Å². The Hall–Kier alpha value is -2.93. The number of carbonyl (C=O) groups is 2. The third-order valence-corrected chi connectivity index (χ3v) is 5.67. The third-order valence-electron chi connectivity index (χ3n) is 5.67. The summed E-state index contributed by atoms with van der Waals surface area (Å²) in [6, 6.07) is 9.53. The van der Waals surface area contributed by atoms with Crippen LogP contribution in [0.4, 0.5) is 14.9 Å². The molecule has 0 saturated heterocycles. The van der Waals surface area contributed by atoms with E-state index in [4.69, 9.17) is 9.47 Å². The molecule has 0 radical (unpaired) electrons. The highest BCUT2D eigenvalue weighted by molar-refractivity contribution is 5.97. The quantitative estimate of drug-likeness (QED) is 0.619. The molecule has 6 nitrogen and oxygen atoms in total. The van der Waals surface area contributed by atoms with Crippen molar-refractivity contribution in [3.63, 3.8) is 0 Å². The van der Waals surface area contributed by atoms with Crippen molar-refractivity contribution in [2.45, 2.75) is 71.6 Å². The Balaban J connectivity index is 1.95. The Bertz CT molecular complexity index is 1070. The van der Waals surface area contributed by atoms with Crippen molar-refractivity contribution < 1.29 is 23.5 Å². The molecule has 1 heterocycles. The first-order valence-electron chi connectivity index (χ1n) is 11.5. The number of fused-ring (bicyclic) bond motifs is 1. The summed E-state index contributed by atoms with van der Waals surface area (Å²) in [7, 11) is 1.63. The number of anilines is 1. The van der Waals surface area contributed by atoms with Crippen LogP contribution in [-0.2, 0) is 32.7 Å². The molecule has 1 atom stereocenters. The molecule has 1 aliphatic rings. The van der Waals surface area contributed by atoms with Gasteiger partial charge in [0.25, 0.3) is 5.91 Å². The van der Waals surface area contributed by atoms with Crippen LogP contribution in [0.15, 0.2) is 36.4 Å². The van der Waals surface area contributed by atoms with Crippen LogP contribution in [0.25, 0.3) is 0 Å². The Morgan fingerprint density at radius 2 is 1.79 bits per heavy atom. The molecule has 34 heavy (non-hydrogen) atoms. The number of amides is 2. The van der Waals surface area contributed by atoms with E-state index in [-0.39, 0.29) is 11.2 Å². The zero-order valence-corrected chi connectivity index (χ0v) is 21.1. The number of carbonyl (C=O) groups excluding carboxylic acids is 2. The zero-order valence-electron chi connectivity index (χ0n) is 21.1. The van der Waals surface area contributed by atoms with Gasteiger partial charge in [0.05, 0.1) is 6.61 Å². The number of rotatable bonds is 4. The molecule has 0 unspecified atom stereocenters. The minimum absolute atomic E-state index is 0.327. The molecule has 2 aromatic rings. The van der Waals surface area contributed by atoms with Crippen molar-refractivity contribution in [1.82, 2.24) is 4.90 Å². The summed E-state index contributed by atoms with van der Waals surface area (Å²) in [6.45, 7) is 11.9. The van der Waals surface area contributed by atoms with Crippen LogP contribution in [0.1, 0.15) is 69.8 Å². The van der Waals surface area contributed by atoms with Gasteiger partial charge in [-0.25, -0.2) is 9.18 Å². The first-order valence-corrected chi connectivity index (χ1v) is 11.5. The number of nitrogens with zero attached hydrogens (tertiary/aromatic N) is 1. The first kappa shape index (κ1) is 25.7. The lowest BCUT2D eigenvalue weighted by Crippen LogP contribution is -2.47. The van der Waals surface area contributed by atoms with Gasteiger partial charge in [0.2, 0.25) is 0 Å². The lowest BCUT2D eigenvalue weighted by Gasteiger charge is -2.37. The van der Waals surface area contributed by atoms with Gasteiger partial charge >= 0.3 is 6.09 Å². The molecule has 0 saturated carbocycles. The van der Waals surface area contributed by atoms with Gasteiger partial charge in [-0.1, -0.05) is 45.0 Å². The van der Waals surface area contributed by atoms with Gasteiger partial charge in [-0.3, -0.25) is 9.69 Å². The molecule has 0 spiro atoms. The number of ether oxygens (including phenoxy) is 2. The van der Waals surface area contributed by atoms with Gasteiger partial charge in [0.15, 0.2) is 0 Å². The van der Waals surface area contributed by atoms with Gasteiger partial charge in [-0.05, 0) is 67.0 Å². The fraction of sp³-hybridized carbons (Fsp3) is 0.481. The Labute approximate surface area is 201 Å². The Kier molecular flexibility index (Phi) is 7.36. The van der Waals surface area contributed by atoms with E-state index < -0.39 is 23.6 Å². The second-order valence-corrected chi connectivity index (χ2v) is 10.7. The summed E-state index contributed by atoms with van der Waals surface area (Å²) in [4.78, 5) is 28.0. The van der Waals surface area contributed by atoms with Gasteiger partial charge < -0.3 is 14.8 Å². The highest BCUT2D eigenvalue weighted by Gasteiger charge is 2.38. The van der Waals surface area contributed by atoms with Crippen LogP contribution >= 0.6 is 0 Å². The van der Waals surface area contributed by atoms with Crippen molar-refractivity contribution in [3.05, 3.63) is 64.5 Å². The largest absolute Gasteiger partial charge is 0.444 e. The molecule has 0 aliphatic carbocycles. The second-order valence-electron chi connectivity index (χ2n) is 10.7. The van der Waals surface area contributed by atoms with Crippen LogP contribution in [0.2, 0.25) is 0 Å². The third kappa shape index (κ3) is 5.95. The molecule has 1 N–H and O–H groups in total. The summed E-state index contributed by atoms with van der Waals surface area (Å²) in [5, 5.41) is 2.81. The molecule has 0 bridgehead atoms. The molecule has 2 amide bonds. The maximum Gasteiger partial charge on any atom is 0.411 e. The van der Waals surface area contributed by atoms with Crippen molar-refractivity contribution in [3.8, 4) is 0 Å². The molecule has 3 rings (SSSR count). The van der Waals surface area contributed by atoms with E-state index in [1.165, 1.54) is 11.0 Å². The van der Waals surface area contributed by atoms with E-state index in [2.05, 4.69) is 5.32 Å². The fourth-order valence-corrected chi connectivity index (χ4v) is 4.15. The summed E-state index contributed by atoms with van der Waals surface area (Å²) in [5.41, 5.74) is 2.53. The number of hydrogen-bond acceptors (Lipinski definition) is 4. The van der Waals surface area contributed by atoms with Crippen molar-refractivity contribution in [2.24, 2.45) is 0 Å². The summed E-state index contributed by atoms with van der Waals surface area (Å²) in [5.74, 6) is -0.809. The number of benzene rings is 2. The first-order chi connectivity index (χ1) is 15.8. The van der Waals surface area contributed by atoms with E-state index in [0.717, 1.165) is 16.7 Å². The predicted octanol–water partition coefficient (Wildman–Crippen LogP) is 5.74. The molecule has 0 fully saturated rings. The van der Waals surface area contributed by atoms with Gasteiger partial charge in [0.1, 0.15) is 17.5 Å². The minimum Gasteiger partial charge on any atom is -0.444 e. The zero-order chi connectivity index (χ0) is 25.3. The summed E-state index contributed by atoms with van der Waals surface area (Å²) >= 11 is 0. The lowest BCUT2D eigenvalue weighted by atomic mass is 9.86. The number of nitrogens with one attached hydrogen (secondary N) is 1. The smallest absolute Gasteiger partial charge is 0.411 e. The average Bonchev–Trinajstić information content (AvgIpc) is 2.70. The van der Waals surface area contributed by atoms with E-state index in [1.54, 1.807) is 40.0 Å². The standard InChI is InChI=1S/C27H35FN2O4/c1-26(2,3)21-11-9-19(15-22(21)28)29-24(31)23-20-10-8-17(16-33-7)14-18(20)12-13-30(23)25(32)34-27(4,5)6/h8-11,14-15,23H,12-13,16H2,1-7H3,(H,29,31)/t23-/m1/s1. The SMILES string of the molecule is COCc1ccc2c(c1)CCN(C(=O)OC(C)(C)C)[C@H]2C(=O)Nc1ccc(C(C)(C)C)c(F)c1. The van der Waals surface area contributed by atoms with Crippen molar-refractivity contribution >= 4 is 17.7 Å². The highest BCUT2D eigenvalue weighted by atomic mass is 19.1. The molecular weight excluding hydrogens is 435 g/mol. The van der Waals surface area contributed by atoms with E-state index in [9.17, 15) is 14.0 Å². The fourth-order valence-electron chi connectivity index (χ4n) is 4.15. The summed E-state index contributed by atoms with van der Waals surface area (Å²) in [6.07, 6.45) is 0.0266. The Morgan fingerprint density at radius 3 is 2.38 bits per heavy atom. The van der Waals surface area contributed by atoms with Crippen LogP contribution in [0.3, 0.4) is 0 Å². The molecule has 2 aromatic carbocycles. The number of hydrogen-bond donors (Lipinski definition) is 1. The molecule has 0 aromatic heterocycles. The number of halogens is 1. The van der Waals surface area contributed by atoms with Gasteiger partial charge in [-0.2, -0.15) is 0 Å². The second kappa shape index (κ2) is 9.74. The van der Waals surface area contributed by atoms with Crippen LogP contribution in [-0.4, -0.2) is 36.2 Å². The monoisotopic (exact) mass is 470 g/mol. The van der Waals surface area contributed by atoms with Crippen molar-refractivity contribution in [1.29, 1.82) is 0 Å². The predicted molar refractivity (Wildman–Crippen MR) is 130 cm³/mol. The van der Waals surface area contributed by atoms with Gasteiger partial charge in [-0.15, -0.1) is 0 Å². The number of methoxy groups -OCH3 is 1. The lowest BCUT2D eigenvalue weighted by molar-refractivity contribution is -0.121. The molecular formula is C27H35FN2O4.